The Balaban J connectivity index is 2.20. The quantitative estimate of drug-likeness (QED) is 0.598. The Morgan fingerprint density at radius 2 is 1.85 bits per heavy atom. The van der Waals surface area contributed by atoms with E-state index in [2.05, 4.69) is 16.0 Å². The lowest BCUT2D eigenvalue weighted by atomic mass is 10.2. The fraction of sp³-hybridized carbons (Fsp3) is 0.385. The smallest absolute Gasteiger partial charge is 0.315 e. The zero-order valence-electron chi connectivity index (χ0n) is 11.1. The molecule has 0 fully saturated rings. The molecule has 0 bridgehead atoms. The van der Waals surface area contributed by atoms with E-state index in [0.29, 0.717) is 0 Å². The maximum absolute atomic E-state index is 12.7. The summed E-state index contributed by atoms with van der Waals surface area (Å²) >= 11 is 0. The SMILES string of the molecule is CC(O)CNC(=O)CNC(=O)NCc1ccc(F)cc1. The molecule has 0 saturated carbocycles. The monoisotopic (exact) mass is 283 g/mol. The molecule has 1 aromatic carbocycles. The van der Waals surface area contributed by atoms with Gasteiger partial charge in [0.15, 0.2) is 0 Å². The van der Waals surface area contributed by atoms with Crippen LogP contribution in [0.25, 0.3) is 0 Å². The van der Waals surface area contributed by atoms with Crippen molar-refractivity contribution in [3.05, 3.63) is 35.6 Å². The van der Waals surface area contributed by atoms with Crippen molar-refractivity contribution in [3.63, 3.8) is 0 Å². The molecule has 0 radical (unpaired) electrons. The van der Waals surface area contributed by atoms with Gasteiger partial charge in [0.25, 0.3) is 0 Å². The Bertz CT molecular complexity index is 449. The van der Waals surface area contributed by atoms with Gasteiger partial charge >= 0.3 is 6.03 Å². The third kappa shape index (κ3) is 6.69. The van der Waals surface area contributed by atoms with Crippen LogP contribution in [-0.2, 0) is 11.3 Å². The fourth-order valence-electron chi connectivity index (χ4n) is 1.33. The topological polar surface area (TPSA) is 90.5 Å². The first-order chi connectivity index (χ1) is 9.47. The predicted octanol–water partition coefficient (Wildman–Crippen LogP) is 0.122. The molecule has 0 aliphatic carbocycles. The second-order valence-corrected chi connectivity index (χ2v) is 4.32. The van der Waals surface area contributed by atoms with Gasteiger partial charge in [-0.25, -0.2) is 9.18 Å². The van der Waals surface area contributed by atoms with Crippen LogP contribution in [0.2, 0.25) is 0 Å². The van der Waals surface area contributed by atoms with Crippen molar-refractivity contribution < 1.29 is 19.1 Å². The molecule has 7 heteroatoms. The maximum atomic E-state index is 12.7. The lowest BCUT2D eigenvalue weighted by molar-refractivity contribution is -0.120. The van der Waals surface area contributed by atoms with Crippen molar-refractivity contribution in [2.24, 2.45) is 0 Å². The number of nitrogens with one attached hydrogen (secondary N) is 3. The van der Waals surface area contributed by atoms with Gasteiger partial charge in [0, 0.05) is 13.1 Å². The third-order valence-corrected chi connectivity index (χ3v) is 2.37. The van der Waals surface area contributed by atoms with E-state index in [-0.39, 0.29) is 31.4 Å². The molecule has 0 saturated heterocycles. The number of hydrogen-bond donors (Lipinski definition) is 4. The van der Waals surface area contributed by atoms with E-state index in [1.54, 1.807) is 19.1 Å². The molecular formula is C13H18FN3O3. The summed E-state index contributed by atoms with van der Waals surface area (Å²) in [4.78, 5) is 22.7. The average molecular weight is 283 g/mol. The molecule has 1 rings (SSSR count). The predicted molar refractivity (Wildman–Crippen MR) is 71.3 cm³/mol. The van der Waals surface area contributed by atoms with Gasteiger partial charge in [-0.1, -0.05) is 12.1 Å². The summed E-state index contributed by atoms with van der Waals surface area (Å²) in [5, 5.41) is 16.3. The van der Waals surface area contributed by atoms with Crippen LogP contribution in [0.15, 0.2) is 24.3 Å². The number of halogens is 1. The van der Waals surface area contributed by atoms with Crippen LogP contribution in [0.4, 0.5) is 9.18 Å². The van der Waals surface area contributed by atoms with E-state index in [4.69, 9.17) is 5.11 Å². The van der Waals surface area contributed by atoms with Crippen molar-refractivity contribution in [1.29, 1.82) is 0 Å². The molecule has 6 nitrogen and oxygen atoms in total. The number of amides is 3. The van der Waals surface area contributed by atoms with Gasteiger partial charge in [0.2, 0.25) is 5.91 Å². The first-order valence-electron chi connectivity index (χ1n) is 6.18. The van der Waals surface area contributed by atoms with Crippen molar-refractivity contribution in [3.8, 4) is 0 Å². The molecule has 20 heavy (non-hydrogen) atoms. The molecule has 1 aromatic rings. The van der Waals surface area contributed by atoms with Crippen LogP contribution in [0.1, 0.15) is 12.5 Å². The second kappa shape index (κ2) is 8.11. The molecule has 0 spiro atoms. The van der Waals surface area contributed by atoms with Gasteiger partial charge in [0.1, 0.15) is 5.82 Å². The van der Waals surface area contributed by atoms with Crippen LogP contribution >= 0.6 is 0 Å². The number of urea groups is 1. The van der Waals surface area contributed by atoms with Crippen molar-refractivity contribution in [2.45, 2.75) is 19.6 Å². The molecule has 0 aromatic heterocycles. The first kappa shape index (κ1) is 15.9. The van der Waals surface area contributed by atoms with Crippen LogP contribution < -0.4 is 16.0 Å². The minimum absolute atomic E-state index is 0.137. The van der Waals surface area contributed by atoms with E-state index >= 15 is 0 Å². The zero-order valence-corrected chi connectivity index (χ0v) is 11.1. The van der Waals surface area contributed by atoms with Crippen LogP contribution in [0, 0.1) is 5.82 Å². The molecule has 0 aliphatic heterocycles. The van der Waals surface area contributed by atoms with Crippen LogP contribution in [0.5, 0.6) is 0 Å². The summed E-state index contributed by atoms with van der Waals surface area (Å²) in [6, 6.07) is 5.23. The Kier molecular flexibility index (Phi) is 6.45. The normalized spacial score (nSPS) is 11.6. The lowest BCUT2D eigenvalue weighted by Crippen LogP contribution is -2.43. The second-order valence-electron chi connectivity index (χ2n) is 4.32. The number of rotatable bonds is 6. The summed E-state index contributed by atoms with van der Waals surface area (Å²) in [5.74, 6) is -0.726. The van der Waals surface area contributed by atoms with Gasteiger partial charge < -0.3 is 21.1 Å². The van der Waals surface area contributed by atoms with Crippen LogP contribution in [0.3, 0.4) is 0 Å². The Morgan fingerprint density at radius 1 is 1.20 bits per heavy atom. The van der Waals surface area contributed by atoms with Gasteiger partial charge in [-0.2, -0.15) is 0 Å². The summed E-state index contributed by atoms with van der Waals surface area (Å²) in [6.45, 7) is 1.74. The minimum atomic E-state index is -0.633. The maximum Gasteiger partial charge on any atom is 0.315 e. The highest BCUT2D eigenvalue weighted by Gasteiger charge is 2.05. The standard InChI is InChI=1S/C13H18FN3O3/c1-9(18)6-15-12(19)8-17-13(20)16-7-10-2-4-11(14)5-3-10/h2-5,9,18H,6-8H2,1H3,(H,15,19)(H2,16,17,20). The summed E-state index contributed by atoms with van der Waals surface area (Å²) in [6.07, 6.45) is -0.633. The highest BCUT2D eigenvalue weighted by atomic mass is 19.1. The van der Waals surface area contributed by atoms with E-state index in [0.717, 1.165) is 5.56 Å². The highest BCUT2D eigenvalue weighted by molar-refractivity contribution is 5.83. The molecule has 1 unspecified atom stereocenters. The lowest BCUT2D eigenvalue weighted by Gasteiger charge is -2.09. The molecular weight excluding hydrogens is 265 g/mol. The van der Waals surface area contributed by atoms with E-state index < -0.39 is 12.1 Å². The molecule has 0 aliphatic rings. The summed E-state index contributed by atoms with van der Waals surface area (Å²) < 4.78 is 12.7. The Hall–Kier alpha value is -2.15. The molecule has 3 amide bonds. The van der Waals surface area contributed by atoms with Gasteiger partial charge in [-0.3, -0.25) is 4.79 Å². The molecule has 1 atom stereocenters. The van der Waals surface area contributed by atoms with Crippen molar-refractivity contribution in [2.75, 3.05) is 13.1 Å². The highest BCUT2D eigenvalue weighted by Crippen LogP contribution is 2.01. The Labute approximate surface area is 116 Å². The summed E-state index contributed by atoms with van der Waals surface area (Å²) in [5.41, 5.74) is 0.750. The van der Waals surface area contributed by atoms with Gasteiger partial charge in [0.05, 0.1) is 12.6 Å². The number of carbonyl (C=O) groups is 2. The first-order valence-corrected chi connectivity index (χ1v) is 6.18. The number of benzene rings is 1. The molecule has 0 heterocycles. The van der Waals surface area contributed by atoms with Gasteiger partial charge in [-0.05, 0) is 24.6 Å². The van der Waals surface area contributed by atoms with Gasteiger partial charge in [-0.15, -0.1) is 0 Å². The number of aliphatic hydroxyl groups excluding tert-OH is 1. The largest absolute Gasteiger partial charge is 0.392 e. The van der Waals surface area contributed by atoms with Crippen molar-refractivity contribution >= 4 is 11.9 Å². The number of carbonyl (C=O) groups excluding carboxylic acids is 2. The Morgan fingerprint density at radius 3 is 2.45 bits per heavy atom. The number of aliphatic hydroxyl groups is 1. The van der Waals surface area contributed by atoms with E-state index in [9.17, 15) is 14.0 Å². The van der Waals surface area contributed by atoms with E-state index in [1.165, 1.54) is 12.1 Å². The average Bonchev–Trinajstić information content (AvgIpc) is 2.42. The van der Waals surface area contributed by atoms with Crippen molar-refractivity contribution in [1.82, 2.24) is 16.0 Å². The third-order valence-electron chi connectivity index (χ3n) is 2.37. The number of hydrogen-bond acceptors (Lipinski definition) is 3. The van der Waals surface area contributed by atoms with E-state index in [1.807, 2.05) is 0 Å². The molecule has 4 N–H and O–H groups in total. The zero-order chi connectivity index (χ0) is 15.0. The van der Waals surface area contributed by atoms with Crippen LogP contribution in [-0.4, -0.2) is 36.2 Å². The molecule has 110 valence electrons. The summed E-state index contributed by atoms with van der Waals surface area (Å²) in [7, 11) is 0. The minimum Gasteiger partial charge on any atom is -0.392 e. The fourth-order valence-corrected chi connectivity index (χ4v) is 1.33.